The van der Waals surface area contributed by atoms with E-state index in [0.717, 1.165) is 15.8 Å². The van der Waals surface area contributed by atoms with E-state index >= 15 is 0 Å². The molecule has 30 heavy (non-hydrogen) atoms. The Labute approximate surface area is 185 Å². The molecule has 0 saturated heterocycles. The molecule has 0 radical (unpaired) electrons. The van der Waals surface area contributed by atoms with Crippen LogP contribution in [0.2, 0.25) is 0 Å². The lowest BCUT2D eigenvalue weighted by molar-refractivity contribution is 1.29. The second kappa shape index (κ2) is 7.62. The van der Waals surface area contributed by atoms with Crippen LogP contribution in [0, 0.1) is 13.8 Å². The molecule has 0 heterocycles. The number of rotatable bonds is 3. The van der Waals surface area contributed by atoms with Gasteiger partial charge in [0.15, 0.2) is 0 Å². The number of anilines is 3. The van der Waals surface area contributed by atoms with Crippen molar-refractivity contribution in [2.45, 2.75) is 13.8 Å². The molecule has 0 aliphatic carbocycles. The number of hydrogen-bond donors (Lipinski definition) is 0. The van der Waals surface area contributed by atoms with Gasteiger partial charge in [-0.25, -0.2) is 0 Å². The Hall–Kier alpha value is -3.10. The first-order valence-corrected chi connectivity index (χ1v) is 11.0. The summed E-state index contributed by atoms with van der Waals surface area (Å²) in [7, 11) is 0. The molecule has 5 aromatic rings. The minimum Gasteiger partial charge on any atom is -0.309 e. The molecule has 0 aromatic heterocycles. The zero-order chi connectivity index (χ0) is 20.7. The summed E-state index contributed by atoms with van der Waals surface area (Å²) in [6, 6.07) is 34.8. The highest BCUT2D eigenvalue weighted by Gasteiger charge is 2.20. The number of benzene rings is 5. The normalized spacial score (nSPS) is 11.2. The van der Waals surface area contributed by atoms with E-state index < -0.39 is 0 Å². The smallest absolute Gasteiger partial charge is 0.0619 e. The Balaban J connectivity index is 1.92. The van der Waals surface area contributed by atoms with Crippen LogP contribution >= 0.6 is 15.9 Å². The molecule has 0 unspecified atom stereocenters. The number of hydrogen-bond acceptors (Lipinski definition) is 1. The minimum absolute atomic E-state index is 1.14. The van der Waals surface area contributed by atoms with Gasteiger partial charge in [0.05, 0.1) is 5.69 Å². The number of nitrogens with zero attached hydrogens (tertiary/aromatic N) is 1. The summed E-state index contributed by atoms with van der Waals surface area (Å²) in [6.45, 7) is 4.26. The summed E-state index contributed by atoms with van der Waals surface area (Å²) < 4.78 is 1.14. The molecular formula is C28H22BrN. The van der Waals surface area contributed by atoms with Crippen LogP contribution in [0.5, 0.6) is 0 Å². The van der Waals surface area contributed by atoms with Crippen molar-refractivity contribution in [2.75, 3.05) is 4.90 Å². The summed E-state index contributed by atoms with van der Waals surface area (Å²) in [5.74, 6) is 0. The van der Waals surface area contributed by atoms with Gasteiger partial charge in [-0.3, -0.25) is 0 Å². The SMILES string of the molecule is Cc1ccc(N(c2ccc(C)cc2)c2c3ccccc3c(Br)c3ccccc23)cc1. The molecule has 0 bridgehead atoms. The van der Waals surface area contributed by atoms with Gasteiger partial charge in [0.2, 0.25) is 0 Å². The van der Waals surface area contributed by atoms with Crippen LogP contribution < -0.4 is 4.90 Å². The fourth-order valence-electron chi connectivity index (χ4n) is 4.09. The van der Waals surface area contributed by atoms with Crippen LogP contribution in [0.15, 0.2) is 102 Å². The molecule has 2 heteroatoms. The van der Waals surface area contributed by atoms with Gasteiger partial charge in [0.25, 0.3) is 0 Å². The molecule has 0 aliphatic rings. The van der Waals surface area contributed by atoms with Gasteiger partial charge in [0, 0.05) is 26.6 Å². The van der Waals surface area contributed by atoms with E-state index in [9.17, 15) is 0 Å². The van der Waals surface area contributed by atoms with Crippen molar-refractivity contribution >= 4 is 54.5 Å². The highest BCUT2D eigenvalue weighted by molar-refractivity contribution is 9.10. The summed E-state index contributed by atoms with van der Waals surface area (Å²) in [5, 5.41) is 4.89. The Morgan fingerprint density at radius 1 is 0.500 bits per heavy atom. The van der Waals surface area contributed by atoms with Crippen molar-refractivity contribution in [3.63, 3.8) is 0 Å². The van der Waals surface area contributed by atoms with E-state index in [0.29, 0.717) is 0 Å². The predicted molar refractivity (Wildman–Crippen MR) is 133 cm³/mol. The zero-order valence-corrected chi connectivity index (χ0v) is 18.6. The van der Waals surface area contributed by atoms with Crippen molar-refractivity contribution in [3.05, 3.63) is 113 Å². The van der Waals surface area contributed by atoms with Crippen LogP contribution in [-0.4, -0.2) is 0 Å². The van der Waals surface area contributed by atoms with Gasteiger partial charge in [-0.05, 0) is 64.8 Å². The van der Waals surface area contributed by atoms with Gasteiger partial charge in [-0.2, -0.15) is 0 Å². The first-order chi connectivity index (χ1) is 14.6. The molecular weight excluding hydrogens is 430 g/mol. The molecule has 0 amide bonds. The third kappa shape index (κ3) is 3.18. The molecule has 0 atom stereocenters. The van der Waals surface area contributed by atoms with Crippen LogP contribution in [-0.2, 0) is 0 Å². The molecule has 5 aromatic carbocycles. The van der Waals surface area contributed by atoms with Crippen LogP contribution in [0.4, 0.5) is 17.1 Å². The van der Waals surface area contributed by atoms with E-state index in [2.05, 4.69) is 132 Å². The Bertz CT molecular complexity index is 1250. The molecule has 0 fully saturated rings. The Kier molecular flexibility index (Phi) is 4.80. The monoisotopic (exact) mass is 451 g/mol. The lowest BCUT2D eigenvalue weighted by Crippen LogP contribution is -2.11. The first-order valence-electron chi connectivity index (χ1n) is 10.2. The second-order valence-corrected chi connectivity index (χ2v) is 8.55. The number of halogens is 1. The second-order valence-electron chi connectivity index (χ2n) is 7.76. The maximum absolute atomic E-state index is 3.88. The van der Waals surface area contributed by atoms with Crippen molar-refractivity contribution in [2.24, 2.45) is 0 Å². The van der Waals surface area contributed by atoms with Crippen molar-refractivity contribution < 1.29 is 0 Å². The van der Waals surface area contributed by atoms with Gasteiger partial charge >= 0.3 is 0 Å². The molecule has 1 nitrogen and oxygen atoms in total. The van der Waals surface area contributed by atoms with Crippen LogP contribution in [0.1, 0.15) is 11.1 Å². The molecule has 0 spiro atoms. The third-order valence-corrected chi connectivity index (χ3v) is 6.50. The molecule has 0 saturated carbocycles. The summed E-state index contributed by atoms with van der Waals surface area (Å²) >= 11 is 3.88. The summed E-state index contributed by atoms with van der Waals surface area (Å²) in [6.07, 6.45) is 0. The average Bonchev–Trinajstić information content (AvgIpc) is 2.78. The lowest BCUT2D eigenvalue weighted by Gasteiger charge is -2.29. The first kappa shape index (κ1) is 18.9. The fourth-order valence-corrected chi connectivity index (χ4v) is 4.78. The van der Waals surface area contributed by atoms with Gasteiger partial charge < -0.3 is 4.90 Å². The average molecular weight is 452 g/mol. The van der Waals surface area contributed by atoms with E-state index in [1.807, 2.05) is 0 Å². The molecule has 146 valence electrons. The van der Waals surface area contributed by atoms with Gasteiger partial charge in [-0.1, -0.05) is 83.9 Å². The standard InChI is InChI=1S/C28H22BrN/c1-19-11-15-21(16-12-19)30(22-17-13-20(2)14-18-22)28-25-9-5-3-7-23(25)27(29)24-8-4-6-10-26(24)28/h3-18H,1-2H3. The van der Waals surface area contributed by atoms with Crippen LogP contribution in [0.3, 0.4) is 0 Å². The van der Waals surface area contributed by atoms with E-state index in [1.165, 1.54) is 38.4 Å². The molecule has 0 N–H and O–H groups in total. The fraction of sp³-hybridized carbons (Fsp3) is 0.0714. The highest BCUT2D eigenvalue weighted by atomic mass is 79.9. The van der Waals surface area contributed by atoms with Crippen molar-refractivity contribution in [1.82, 2.24) is 0 Å². The zero-order valence-electron chi connectivity index (χ0n) is 17.1. The summed E-state index contributed by atoms with van der Waals surface area (Å²) in [4.78, 5) is 2.38. The maximum Gasteiger partial charge on any atom is 0.0619 e. The number of aryl methyl sites for hydroxylation is 2. The quantitative estimate of drug-likeness (QED) is 0.247. The topological polar surface area (TPSA) is 3.24 Å². The van der Waals surface area contributed by atoms with E-state index in [4.69, 9.17) is 0 Å². The third-order valence-electron chi connectivity index (χ3n) is 5.65. The van der Waals surface area contributed by atoms with Crippen molar-refractivity contribution in [1.29, 1.82) is 0 Å². The maximum atomic E-state index is 3.88. The van der Waals surface area contributed by atoms with Gasteiger partial charge in [-0.15, -0.1) is 0 Å². The van der Waals surface area contributed by atoms with Crippen LogP contribution in [0.25, 0.3) is 21.5 Å². The summed E-state index contributed by atoms with van der Waals surface area (Å²) in [5.41, 5.74) is 6.03. The number of fused-ring (bicyclic) bond motifs is 2. The Morgan fingerprint density at radius 3 is 1.27 bits per heavy atom. The highest BCUT2D eigenvalue weighted by Crippen LogP contribution is 2.46. The lowest BCUT2D eigenvalue weighted by atomic mass is 9.99. The molecule has 0 aliphatic heterocycles. The van der Waals surface area contributed by atoms with Gasteiger partial charge in [0.1, 0.15) is 0 Å². The molecule has 5 rings (SSSR count). The Morgan fingerprint density at radius 2 is 0.867 bits per heavy atom. The largest absolute Gasteiger partial charge is 0.309 e. The van der Waals surface area contributed by atoms with E-state index in [-0.39, 0.29) is 0 Å². The predicted octanol–water partition coefficient (Wildman–Crippen LogP) is 8.84. The van der Waals surface area contributed by atoms with Crippen molar-refractivity contribution in [3.8, 4) is 0 Å². The van der Waals surface area contributed by atoms with E-state index in [1.54, 1.807) is 0 Å². The minimum atomic E-state index is 1.14.